The topological polar surface area (TPSA) is 85.2 Å². The van der Waals surface area contributed by atoms with E-state index in [-0.39, 0.29) is 0 Å². The summed E-state index contributed by atoms with van der Waals surface area (Å²) in [5, 5.41) is 21.0. The summed E-state index contributed by atoms with van der Waals surface area (Å²) < 4.78 is 16.8. The molecule has 3 fully saturated rings. The Morgan fingerprint density at radius 3 is 1.97 bits per heavy atom. The van der Waals surface area contributed by atoms with Crippen LogP contribution < -0.4 is 0 Å². The number of aromatic hydroxyl groups is 1. The van der Waals surface area contributed by atoms with E-state index in [1.54, 1.807) is 6.92 Å². The third kappa shape index (κ3) is 4.46. The van der Waals surface area contributed by atoms with Gasteiger partial charge in [0.15, 0.2) is 0 Å². The largest absolute Gasteiger partial charge is 0.507 e. The van der Waals surface area contributed by atoms with Crippen LogP contribution in [0.25, 0.3) is 0 Å². The molecule has 0 aromatic heterocycles. The SMILES string of the molecule is CCCCc1cc(CC(C)(C(=O)O)C23COP(OC2)OC3)cc(CCCC)c1O. The maximum Gasteiger partial charge on any atom is 0.332 e. The number of carboxylic acids is 1. The first-order valence-electron chi connectivity index (χ1n) is 10.6. The smallest absolute Gasteiger partial charge is 0.332 e. The number of phenolic OH excluding ortho intramolecular Hbond substituents is 1. The third-order valence-electron chi connectivity index (χ3n) is 6.47. The lowest BCUT2D eigenvalue weighted by Crippen LogP contribution is -2.58. The molecule has 29 heavy (non-hydrogen) atoms. The van der Waals surface area contributed by atoms with Gasteiger partial charge in [-0.15, -0.1) is 0 Å². The lowest BCUT2D eigenvalue weighted by Gasteiger charge is -2.52. The van der Waals surface area contributed by atoms with E-state index in [0.717, 1.165) is 55.2 Å². The number of benzene rings is 1. The van der Waals surface area contributed by atoms with Crippen LogP contribution in [0.15, 0.2) is 12.1 Å². The quantitative estimate of drug-likeness (QED) is 0.514. The van der Waals surface area contributed by atoms with E-state index in [1.165, 1.54) is 0 Å². The van der Waals surface area contributed by atoms with E-state index < -0.39 is 25.4 Å². The molecule has 2 bridgehead atoms. The van der Waals surface area contributed by atoms with Gasteiger partial charge in [-0.05, 0) is 55.7 Å². The first-order chi connectivity index (χ1) is 13.8. The maximum atomic E-state index is 12.5. The van der Waals surface area contributed by atoms with Crippen molar-refractivity contribution in [3.05, 3.63) is 28.8 Å². The van der Waals surface area contributed by atoms with E-state index >= 15 is 0 Å². The second-order valence-corrected chi connectivity index (χ2v) is 9.83. The minimum atomic E-state index is -1.32. The molecular weight excluding hydrogens is 391 g/mol. The molecule has 2 N–H and O–H groups in total. The molecule has 1 aromatic rings. The zero-order chi connectivity index (χ0) is 21.1. The van der Waals surface area contributed by atoms with Crippen molar-refractivity contribution in [1.82, 2.24) is 0 Å². The first kappa shape index (κ1) is 22.5. The molecule has 7 heteroatoms. The van der Waals surface area contributed by atoms with Crippen LogP contribution in [-0.4, -0.2) is 36.0 Å². The van der Waals surface area contributed by atoms with Crippen LogP contribution in [0.3, 0.4) is 0 Å². The Morgan fingerprint density at radius 1 is 1.07 bits per heavy atom. The van der Waals surface area contributed by atoms with Gasteiger partial charge in [0, 0.05) is 0 Å². The van der Waals surface area contributed by atoms with Gasteiger partial charge < -0.3 is 23.8 Å². The Labute approximate surface area is 174 Å². The van der Waals surface area contributed by atoms with Gasteiger partial charge in [-0.25, -0.2) is 0 Å². The second kappa shape index (κ2) is 9.30. The Hall–Kier alpha value is -1.20. The third-order valence-corrected chi connectivity index (χ3v) is 7.49. The molecule has 6 nitrogen and oxygen atoms in total. The highest BCUT2D eigenvalue weighted by molar-refractivity contribution is 7.41. The molecule has 0 spiro atoms. The van der Waals surface area contributed by atoms with Crippen LogP contribution in [0.4, 0.5) is 0 Å². The number of phenols is 1. The fraction of sp³-hybridized carbons (Fsp3) is 0.682. The molecule has 0 amide bonds. The van der Waals surface area contributed by atoms with Crippen molar-refractivity contribution in [2.24, 2.45) is 10.8 Å². The number of fused-ring (bicyclic) bond motifs is 3. The van der Waals surface area contributed by atoms with Crippen molar-refractivity contribution in [2.45, 2.75) is 65.7 Å². The fourth-order valence-corrected chi connectivity index (χ4v) is 5.47. The second-order valence-electron chi connectivity index (χ2n) is 8.61. The first-order valence-corrected chi connectivity index (χ1v) is 11.7. The average Bonchev–Trinajstić information content (AvgIpc) is 2.73. The molecular formula is C22H33O6P. The highest BCUT2D eigenvalue weighted by Gasteiger charge is 2.59. The maximum absolute atomic E-state index is 12.5. The molecule has 0 radical (unpaired) electrons. The van der Waals surface area contributed by atoms with E-state index in [9.17, 15) is 15.0 Å². The van der Waals surface area contributed by atoms with Gasteiger partial charge in [-0.1, -0.05) is 38.8 Å². The number of carboxylic acid groups (broad SMARTS) is 1. The van der Waals surface area contributed by atoms with Crippen molar-refractivity contribution in [2.75, 3.05) is 19.8 Å². The summed E-state index contributed by atoms with van der Waals surface area (Å²) in [7, 11) is -1.32. The van der Waals surface area contributed by atoms with Crippen LogP contribution in [0.5, 0.6) is 5.75 Å². The van der Waals surface area contributed by atoms with Gasteiger partial charge in [0.1, 0.15) is 5.75 Å². The molecule has 4 rings (SSSR count). The monoisotopic (exact) mass is 424 g/mol. The summed E-state index contributed by atoms with van der Waals surface area (Å²) in [6, 6.07) is 3.97. The molecule has 3 saturated heterocycles. The molecule has 1 aromatic carbocycles. The number of aryl methyl sites for hydroxylation is 2. The van der Waals surface area contributed by atoms with Crippen LogP contribution in [0.2, 0.25) is 0 Å². The van der Waals surface area contributed by atoms with Crippen molar-refractivity contribution >= 4 is 14.6 Å². The van der Waals surface area contributed by atoms with Crippen LogP contribution >= 0.6 is 8.60 Å². The lowest BCUT2D eigenvalue weighted by atomic mass is 9.62. The molecule has 1 unspecified atom stereocenters. The Morgan fingerprint density at radius 2 is 1.55 bits per heavy atom. The van der Waals surface area contributed by atoms with E-state index in [2.05, 4.69) is 13.8 Å². The van der Waals surface area contributed by atoms with Crippen molar-refractivity contribution < 1.29 is 28.6 Å². The normalized spacial score (nSPS) is 25.7. The summed E-state index contributed by atoms with van der Waals surface area (Å²) in [5.74, 6) is -0.499. The predicted octanol–water partition coefficient (Wildman–Crippen LogP) is 5.00. The zero-order valence-electron chi connectivity index (χ0n) is 17.7. The highest BCUT2D eigenvalue weighted by Crippen LogP contribution is 2.59. The van der Waals surface area contributed by atoms with Gasteiger partial charge in [-0.3, -0.25) is 4.79 Å². The van der Waals surface area contributed by atoms with E-state index in [0.29, 0.717) is 32.0 Å². The number of aliphatic carboxylic acids is 1. The predicted molar refractivity (Wildman–Crippen MR) is 112 cm³/mol. The van der Waals surface area contributed by atoms with Gasteiger partial charge in [-0.2, -0.15) is 0 Å². The Bertz CT molecular complexity index is 685. The van der Waals surface area contributed by atoms with Crippen LogP contribution in [0, 0.1) is 10.8 Å². The fourth-order valence-electron chi connectivity index (χ4n) is 4.19. The molecule has 3 heterocycles. The standard InChI is InChI=1S/C22H33O6P/c1-4-6-8-17-10-16(11-18(19(17)23)9-7-5-2)12-21(3,20(24)25)22-13-26-29(27-14-22)28-15-22/h10-11,23H,4-9,12-15H2,1-3H3,(H,24,25). The Kier molecular flexibility index (Phi) is 7.21. The molecule has 0 aliphatic carbocycles. The average molecular weight is 424 g/mol. The number of rotatable bonds is 10. The molecule has 3 aliphatic rings. The van der Waals surface area contributed by atoms with Crippen LogP contribution in [-0.2, 0) is 37.6 Å². The van der Waals surface area contributed by atoms with Crippen molar-refractivity contribution in [3.8, 4) is 5.75 Å². The summed E-state index contributed by atoms with van der Waals surface area (Å²) in [6.07, 6.45) is 5.99. The van der Waals surface area contributed by atoms with Crippen molar-refractivity contribution in [3.63, 3.8) is 0 Å². The number of hydrogen-bond donors (Lipinski definition) is 2. The van der Waals surface area contributed by atoms with Gasteiger partial charge in [0.25, 0.3) is 0 Å². The summed E-state index contributed by atoms with van der Waals surface area (Å²) in [5.41, 5.74) is 0.954. The van der Waals surface area contributed by atoms with Gasteiger partial charge >= 0.3 is 14.6 Å². The summed E-state index contributed by atoms with van der Waals surface area (Å²) in [4.78, 5) is 12.5. The van der Waals surface area contributed by atoms with Gasteiger partial charge in [0.05, 0.1) is 30.7 Å². The number of hydrogen-bond acceptors (Lipinski definition) is 5. The van der Waals surface area contributed by atoms with E-state index in [1.807, 2.05) is 12.1 Å². The van der Waals surface area contributed by atoms with Crippen molar-refractivity contribution in [1.29, 1.82) is 0 Å². The number of unbranched alkanes of at least 4 members (excludes halogenated alkanes) is 2. The number of carbonyl (C=O) groups is 1. The molecule has 3 aliphatic heterocycles. The Balaban J connectivity index is 1.95. The minimum Gasteiger partial charge on any atom is -0.507 e. The molecule has 0 saturated carbocycles. The zero-order valence-corrected chi connectivity index (χ0v) is 18.6. The molecule has 1 atom stereocenters. The summed E-state index contributed by atoms with van der Waals surface area (Å²) >= 11 is 0. The summed E-state index contributed by atoms with van der Waals surface area (Å²) in [6.45, 7) is 7.04. The molecule has 162 valence electrons. The van der Waals surface area contributed by atoms with E-state index in [4.69, 9.17) is 13.6 Å². The highest BCUT2D eigenvalue weighted by atomic mass is 31.2. The van der Waals surface area contributed by atoms with Gasteiger partial charge in [0.2, 0.25) is 0 Å². The van der Waals surface area contributed by atoms with Crippen LogP contribution in [0.1, 0.15) is 63.1 Å². The minimum absolute atomic E-state index is 0.338. The lowest BCUT2D eigenvalue weighted by molar-refractivity contribution is -0.180.